The third kappa shape index (κ3) is 3.19. The molecule has 0 spiro atoms. The van der Waals surface area contributed by atoms with Gasteiger partial charge in [-0.2, -0.15) is 0 Å². The van der Waals surface area contributed by atoms with Crippen molar-refractivity contribution < 1.29 is 9.66 Å². The number of rotatable bonds is 4. The summed E-state index contributed by atoms with van der Waals surface area (Å²) in [4.78, 5) is 10.3. The van der Waals surface area contributed by atoms with E-state index in [0.717, 1.165) is 0 Å². The van der Waals surface area contributed by atoms with Crippen LogP contribution >= 0.6 is 0 Å². The number of nitrogens with zero attached hydrogens (tertiary/aromatic N) is 1. The molecule has 1 rings (SSSR count). The van der Waals surface area contributed by atoms with E-state index >= 15 is 0 Å². The average Bonchev–Trinajstić information content (AvgIpc) is 2.18. The number of benzene rings is 1. The van der Waals surface area contributed by atoms with Gasteiger partial charge >= 0.3 is 0 Å². The molecule has 0 radical (unpaired) electrons. The fraction of sp³-hybridized carbons (Fsp3) is 0.333. The van der Waals surface area contributed by atoms with Crippen molar-refractivity contribution in [1.29, 1.82) is 0 Å². The van der Waals surface area contributed by atoms with Gasteiger partial charge in [-0.15, -0.1) is 0 Å². The van der Waals surface area contributed by atoms with Crippen LogP contribution in [0.15, 0.2) is 18.2 Å². The van der Waals surface area contributed by atoms with Gasteiger partial charge in [0.25, 0.3) is 5.69 Å². The molecule has 0 atom stereocenters. The molecule has 0 aliphatic carbocycles. The molecule has 15 heavy (non-hydrogen) atoms. The van der Waals surface area contributed by atoms with Crippen LogP contribution in [-0.2, 0) is 6.42 Å². The van der Waals surface area contributed by atoms with Gasteiger partial charge in [-0.05, 0) is 25.1 Å². The highest BCUT2D eigenvalue weighted by atomic mass is 16.6. The number of ether oxygens (including phenoxy) is 1. The van der Waals surface area contributed by atoms with Crippen LogP contribution in [0.3, 0.4) is 0 Å². The molecule has 0 aliphatic heterocycles. The quantitative estimate of drug-likeness (QED) is 0.577. The van der Waals surface area contributed by atoms with Crippen molar-refractivity contribution in [3.63, 3.8) is 0 Å². The Bertz CT molecular complexity index is 341. The van der Waals surface area contributed by atoms with Crippen LogP contribution in [0, 0.1) is 10.1 Å². The first-order chi connectivity index (χ1) is 6.69. The summed E-state index contributed by atoms with van der Waals surface area (Å²) < 4.78 is 4.90. The Morgan fingerprint density at radius 3 is 2.67 bits per heavy atom. The molecule has 0 saturated carbocycles. The summed E-state index contributed by atoms with van der Waals surface area (Å²) in [7, 11) is 1.47. The van der Waals surface area contributed by atoms with Crippen molar-refractivity contribution in [2.24, 2.45) is 5.73 Å². The maximum absolute atomic E-state index is 10.7. The molecule has 0 fully saturated rings. The minimum atomic E-state index is -0.423. The molecule has 1 aromatic rings. The summed E-state index contributed by atoms with van der Waals surface area (Å²) in [5.74, 6) is 0.484. The van der Waals surface area contributed by atoms with Crippen molar-refractivity contribution in [3.05, 3.63) is 33.9 Å². The molecule has 0 heterocycles. The first-order valence-electron chi connectivity index (χ1n) is 4.20. The predicted octanol–water partition coefficient (Wildman–Crippen LogP) is 1.27. The molecular weight excluding hydrogens is 198 g/mol. The van der Waals surface area contributed by atoms with Crippen LogP contribution in [0.25, 0.3) is 0 Å². The summed E-state index contributed by atoms with van der Waals surface area (Å²) >= 11 is 0. The lowest BCUT2D eigenvalue weighted by Gasteiger charge is -2.03. The summed E-state index contributed by atoms with van der Waals surface area (Å²) in [5, 5.41) is 10.7. The lowest BCUT2D eigenvalue weighted by atomic mass is 10.1. The number of nitro groups is 1. The Labute approximate surface area is 87.8 Å². The minimum absolute atomic E-state index is 0. The maximum atomic E-state index is 10.7. The molecule has 0 aromatic heterocycles. The predicted molar refractivity (Wildman–Crippen MR) is 57.4 cm³/mol. The molecule has 1 aromatic carbocycles. The van der Waals surface area contributed by atoms with Gasteiger partial charge < -0.3 is 16.6 Å². The number of nitrogens with two attached hydrogens (primary N) is 1. The van der Waals surface area contributed by atoms with Gasteiger partial charge in [0, 0.05) is 5.56 Å². The SMILES string of the molecule is COc1ccc(CCN)c([N+](=O)[O-])c1.N. The van der Waals surface area contributed by atoms with Crippen molar-refractivity contribution in [1.82, 2.24) is 6.15 Å². The second-order valence-corrected chi connectivity index (χ2v) is 2.79. The van der Waals surface area contributed by atoms with Gasteiger partial charge in [0.15, 0.2) is 0 Å². The topological polar surface area (TPSA) is 113 Å². The van der Waals surface area contributed by atoms with Crippen LogP contribution in [0.4, 0.5) is 5.69 Å². The molecular formula is C9H15N3O3. The van der Waals surface area contributed by atoms with E-state index in [4.69, 9.17) is 10.5 Å². The fourth-order valence-electron chi connectivity index (χ4n) is 1.21. The van der Waals surface area contributed by atoms with Crippen molar-refractivity contribution in [2.45, 2.75) is 6.42 Å². The fourth-order valence-corrected chi connectivity index (χ4v) is 1.21. The van der Waals surface area contributed by atoms with Crippen LogP contribution in [0.1, 0.15) is 5.56 Å². The Morgan fingerprint density at radius 1 is 1.53 bits per heavy atom. The lowest BCUT2D eigenvalue weighted by Crippen LogP contribution is -2.05. The summed E-state index contributed by atoms with van der Waals surface area (Å²) in [6.07, 6.45) is 0.500. The van der Waals surface area contributed by atoms with E-state index in [2.05, 4.69) is 0 Å². The largest absolute Gasteiger partial charge is 0.497 e. The van der Waals surface area contributed by atoms with Crippen LogP contribution < -0.4 is 16.6 Å². The molecule has 0 amide bonds. The summed E-state index contributed by atoms with van der Waals surface area (Å²) in [6.45, 7) is 0.396. The molecule has 5 N–H and O–H groups in total. The summed E-state index contributed by atoms with van der Waals surface area (Å²) in [5.41, 5.74) is 6.05. The summed E-state index contributed by atoms with van der Waals surface area (Å²) in [6, 6.07) is 4.77. The monoisotopic (exact) mass is 213 g/mol. The lowest BCUT2D eigenvalue weighted by molar-refractivity contribution is -0.385. The van der Waals surface area contributed by atoms with Crippen LogP contribution in [0.2, 0.25) is 0 Å². The van der Waals surface area contributed by atoms with Gasteiger partial charge in [-0.25, -0.2) is 0 Å². The second-order valence-electron chi connectivity index (χ2n) is 2.79. The third-order valence-corrected chi connectivity index (χ3v) is 1.90. The van der Waals surface area contributed by atoms with Gasteiger partial charge in [-0.3, -0.25) is 10.1 Å². The van der Waals surface area contributed by atoms with E-state index in [0.29, 0.717) is 24.3 Å². The van der Waals surface area contributed by atoms with Crippen molar-refractivity contribution in [3.8, 4) is 5.75 Å². The highest BCUT2D eigenvalue weighted by Crippen LogP contribution is 2.24. The molecule has 6 nitrogen and oxygen atoms in total. The number of hydrogen-bond acceptors (Lipinski definition) is 5. The van der Waals surface area contributed by atoms with Crippen molar-refractivity contribution in [2.75, 3.05) is 13.7 Å². The number of nitro benzene ring substituents is 1. The zero-order chi connectivity index (χ0) is 10.6. The molecule has 0 saturated heterocycles. The zero-order valence-electron chi connectivity index (χ0n) is 8.60. The Morgan fingerprint density at radius 2 is 2.20 bits per heavy atom. The highest BCUT2D eigenvalue weighted by molar-refractivity contribution is 5.46. The van der Waals surface area contributed by atoms with E-state index < -0.39 is 4.92 Å². The van der Waals surface area contributed by atoms with Gasteiger partial charge in [0.2, 0.25) is 0 Å². The highest BCUT2D eigenvalue weighted by Gasteiger charge is 2.13. The third-order valence-electron chi connectivity index (χ3n) is 1.90. The molecule has 0 aliphatic rings. The first-order valence-corrected chi connectivity index (χ1v) is 4.20. The maximum Gasteiger partial charge on any atom is 0.276 e. The van der Waals surface area contributed by atoms with E-state index in [-0.39, 0.29) is 11.8 Å². The second kappa shape index (κ2) is 5.94. The molecule has 6 heteroatoms. The molecule has 0 unspecified atom stereocenters. The number of methoxy groups -OCH3 is 1. The Kier molecular flexibility index (Phi) is 5.29. The molecule has 84 valence electrons. The van der Waals surface area contributed by atoms with E-state index in [9.17, 15) is 10.1 Å². The smallest absolute Gasteiger partial charge is 0.276 e. The average molecular weight is 213 g/mol. The number of hydrogen-bond donors (Lipinski definition) is 2. The Hall–Kier alpha value is -1.66. The van der Waals surface area contributed by atoms with Crippen LogP contribution in [0.5, 0.6) is 5.75 Å². The standard InChI is InChI=1S/C9H12N2O3.H3N/c1-14-8-3-2-7(4-5-10)9(6-8)11(12)13;/h2-3,6H,4-5,10H2,1H3;1H3. The van der Waals surface area contributed by atoms with Crippen molar-refractivity contribution >= 4 is 5.69 Å². The first kappa shape index (κ1) is 13.3. The van der Waals surface area contributed by atoms with Gasteiger partial charge in [0.1, 0.15) is 5.75 Å². The van der Waals surface area contributed by atoms with E-state index in [1.807, 2.05) is 0 Å². The molecule has 0 bridgehead atoms. The minimum Gasteiger partial charge on any atom is -0.497 e. The zero-order valence-corrected chi connectivity index (χ0v) is 8.60. The van der Waals surface area contributed by atoms with E-state index in [1.165, 1.54) is 13.2 Å². The van der Waals surface area contributed by atoms with Gasteiger partial charge in [0.05, 0.1) is 18.1 Å². The van der Waals surface area contributed by atoms with Gasteiger partial charge in [-0.1, -0.05) is 0 Å². The van der Waals surface area contributed by atoms with E-state index in [1.54, 1.807) is 12.1 Å². The van der Waals surface area contributed by atoms with Crippen LogP contribution in [-0.4, -0.2) is 18.6 Å². The Balaban J connectivity index is 0.00000196. The normalized spacial score (nSPS) is 9.20.